The summed E-state index contributed by atoms with van der Waals surface area (Å²) in [7, 11) is 0. The fraction of sp³-hybridized carbons (Fsp3) is 0. The first kappa shape index (κ1) is 28.8. The fourth-order valence-corrected chi connectivity index (χ4v) is 7.40. The van der Waals surface area contributed by atoms with E-state index in [9.17, 15) is 15.8 Å². The maximum absolute atomic E-state index is 9.96. The van der Waals surface area contributed by atoms with Gasteiger partial charge >= 0.3 is 0 Å². The number of rotatable bonds is 4. The van der Waals surface area contributed by atoms with Gasteiger partial charge < -0.3 is 9.13 Å². The molecular weight excluding hydrogens is 611 g/mol. The van der Waals surface area contributed by atoms with Crippen molar-refractivity contribution in [2.45, 2.75) is 0 Å². The molecule has 2 heterocycles. The molecular formula is C45H25N5. The zero-order valence-corrected chi connectivity index (χ0v) is 26.7. The van der Waals surface area contributed by atoms with E-state index in [0.717, 1.165) is 66.5 Å². The number of benzene rings is 7. The highest BCUT2D eigenvalue weighted by molar-refractivity contribution is 6.11. The molecule has 9 aromatic rings. The smallest absolute Gasteiger partial charge is 0.0991 e. The lowest BCUT2D eigenvalue weighted by atomic mass is 9.92. The predicted octanol–water partition coefficient (Wildman–Crippen LogP) is 10.8. The molecule has 7 aromatic carbocycles. The third-order valence-electron chi connectivity index (χ3n) is 9.62. The fourth-order valence-electron chi connectivity index (χ4n) is 7.40. The molecule has 230 valence electrons. The van der Waals surface area contributed by atoms with Crippen molar-refractivity contribution in [3.8, 4) is 51.8 Å². The topological polar surface area (TPSA) is 81.2 Å². The van der Waals surface area contributed by atoms with Gasteiger partial charge in [-0.3, -0.25) is 0 Å². The molecule has 0 atom stereocenters. The minimum absolute atomic E-state index is 0.561. The predicted molar refractivity (Wildman–Crippen MR) is 200 cm³/mol. The standard InChI is InChI=1S/C45H25N5/c46-26-29-13-20-34(38(23-29)32-16-18-33(19-17-32)49-41-10-4-2-8-36(41)37-9-3-5-11-42(37)49)35-7-1-6-12-43(35)50-44-21-14-30(27-47)24-39(44)40-25-31(28-48)15-22-45(40)50/h1-25H. The summed E-state index contributed by atoms with van der Waals surface area (Å²) in [5, 5.41) is 33.6. The van der Waals surface area contributed by atoms with E-state index in [1.807, 2.05) is 66.7 Å². The van der Waals surface area contributed by atoms with Crippen molar-refractivity contribution in [3.63, 3.8) is 0 Å². The van der Waals surface area contributed by atoms with Gasteiger partial charge in [-0.15, -0.1) is 0 Å². The molecule has 0 radical (unpaired) electrons. The van der Waals surface area contributed by atoms with E-state index in [0.29, 0.717) is 16.7 Å². The van der Waals surface area contributed by atoms with E-state index in [4.69, 9.17) is 0 Å². The Morgan fingerprint density at radius 1 is 0.360 bits per heavy atom. The maximum atomic E-state index is 9.96. The van der Waals surface area contributed by atoms with Crippen molar-refractivity contribution in [2.75, 3.05) is 0 Å². The molecule has 0 spiro atoms. The quantitative estimate of drug-likeness (QED) is 0.193. The number of hydrogen-bond donors (Lipinski definition) is 0. The number of para-hydroxylation sites is 3. The number of fused-ring (bicyclic) bond motifs is 6. The van der Waals surface area contributed by atoms with Crippen LogP contribution in [0.5, 0.6) is 0 Å². The summed E-state index contributed by atoms with van der Waals surface area (Å²) in [6, 6.07) is 57.9. The second kappa shape index (κ2) is 11.4. The van der Waals surface area contributed by atoms with Crippen LogP contribution in [0.1, 0.15) is 16.7 Å². The van der Waals surface area contributed by atoms with Gasteiger partial charge in [0.05, 0.1) is 62.7 Å². The second-order valence-electron chi connectivity index (χ2n) is 12.3. The van der Waals surface area contributed by atoms with Crippen LogP contribution in [-0.2, 0) is 0 Å². The highest BCUT2D eigenvalue weighted by Gasteiger charge is 2.19. The van der Waals surface area contributed by atoms with Crippen LogP contribution in [0.3, 0.4) is 0 Å². The molecule has 0 saturated heterocycles. The molecule has 0 bridgehead atoms. The van der Waals surface area contributed by atoms with Gasteiger partial charge in [-0.1, -0.05) is 72.8 Å². The van der Waals surface area contributed by atoms with Gasteiger partial charge in [-0.05, 0) is 95.6 Å². The van der Waals surface area contributed by atoms with Crippen LogP contribution in [-0.4, -0.2) is 9.13 Å². The van der Waals surface area contributed by atoms with Gasteiger partial charge in [0.25, 0.3) is 0 Å². The van der Waals surface area contributed by atoms with E-state index >= 15 is 0 Å². The summed E-state index contributed by atoms with van der Waals surface area (Å²) in [6.45, 7) is 0. The van der Waals surface area contributed by atoms with E-state index in [1.165, 1.54) is 10.8 Å². The second-order valence-corrected chi connectivity index (χ2v) is 12.3. The van der Waals surface area contributed by atoms with Crippen LogP contribution in [0, 0.1) is 34.0 Å². The van der Waals surface area contributed by atoms with Crippen LogP contribution < -0.4 is 0 Å². The summed E-state index contributed by atoms with van der Waals surface area (Å²) in [5.74, 6) is 0. The summed E-state index contributed by atoms with van der Waals surface area (Å²) in [6.07, 6.45) is 0. The van der Waals surface area contributed by atoms with E-state index < -0.39 is 0 Å². The van der Waals surface area contributed by atoms with Crippen LogP contribution >= 0.6 is 0 Å². The normalized spacial score (nSPS) is 11.1. The Morgan fingerprint density at radius 2 is 0.860 bits per heavy atom. The number of nitrogens with zero attached hydrogens (tertiary/aromatic N) is 5. The molecule has 0 N–H and O–H groups in total. The third-order valence-corrected chi connectivity index (χ3v) is 9.62. The lowest BCUT2D eigenvalue weighted by Crippen LogP contribution is -1.99. The summed E-state index contributed by atoms with van der Waals surface area (Å²) < 4.78 is 4.50. The van der Waals surface area contributed by atoms with Crippen molar-refractivity contribution >= 4 is 43.6 Å². The summed E-state index contributed by atoms with van der Waals surface area (Å²) >= 11 is 0. The molecule has 0 saturated carbocycles. The average molecular weight is 636 g/mol. The molecule has 2 aromatic heterocycles. The van der Waals surface area contributed by atoms with Crippen LogP contribution in [0.4, 0.5) is 0 Å². The Hall–Kier alpha value is -7.39. The van der Waals surface area contributed by atoms with Crippen LogP contribution in [0.15, 0.2) is 152 Å². The number of hydrogen-bond acceptors (Lipinski definition) is 3. The van der Waals surface area contributed by atoms with Crippen molar-refractivity contribution in [2.24, 2.45) is 0 Å². The average Bonchev–Trinajstić information content (AvgIpc) is 3.69. The molecule has 0 aliphatic carbocycles. The molecule has 50 heavy (non-hydrogen) atoms. The Labute approximate surface area is 287 Å². The van der Waals surface area contributed by atoms with Gasteiger partial charge in [0.15, 0.2) is 0 Å². The molecule has 9 rings (SSSR count). The number of nitriles is 3. The first-order chi connectivity index (χ1) is 24.7. The zero-order chi connectivity index (χ0) is 33.8. The Bertz CT molecular complexity index is 2830. The largest absolute Gasteiger partial charge is 0.309 e. The van der Waals surface area contributed by atoms with Crippen molar-refractivity contribution < 1.29 is 0 Å². The molecule has 0 aliphatic rings. The Balaban J connectivity index is 1.24. The monoisotopic (exact) mass is 635 g/mol. The molecule has 0 fully saturated rings. The van der Waals surface area contributed by atoms with Gasteiger partial charge in [0, 0.05) is 32.8 Å². The molecule has 5 nitrogen and oxygen atoms in total. The van der Waals surface area contributed by atoms with Crippen molar-refractivity contribution in [1.82, 2.24) is 9.13 Å². The molecule has 5 heteroatoms. The molecule has 0 unspecified atom stereocenters. The third kappa shape index (κ3) is 4.38. The lowest BCUT2D eigenvalue weighted by Gasteiger charge is -2.17. The van der Waals surface area contributed by atoms with Gasteiger partial charge in [0.1, 0.15) is 0 Å². The molecule has 0 aliphatic heterocycles. The van der Waals surface area contributed by atoms with Gasteiger partial charge in [0.2, 0.25) is 0 Å². The highest BCUT2D eigenvalue weighted by atomic mass is 15.0. The van der Waals surface area contributed by atoms with E-state index in [1.54, 1.807) is 0 Å². The summed E-state index contributed by atoms with van der Waals surface area (Å²) in [5.41, 5.74) is 11.8. The zero-order valence-electron chi connectivity index (χ0n) is 26.7. The van der Waals surface area contributed by atoms with Crippen LogP contribution in [0.25, 0.3) is 77.2 Å². The lowest BCUT2D eigenvalue weighted by molar-refractivity contribution is 1.18. The molecule has 0 amide bonds. The van der Waals surface area contributed by atoms with E-state index in [2.05, 4.69) is 112 Å². The summed E-state index contributed by atoms with van der Waals surface area (Å²) in [4.78, 5) is 0. The van der Waals surface area contributed by atoms with E-state index in [-0.39, 0.29) is 0 Å². The van der Waals surface area contributed by atoms with Gasteiger partial charge in [-0.25, -0.2) is 0 Å². The SMILES string of the molecule is N#Cc1ccc(-c2ccccc2-n2c3ccc(C#N)cc3c3cc(C#N)ccc32)c(-c2ccc(-n3c4ccccc4c4ccccc43)cc2)c1. The minimum Gasteiger partial charge on any atom is -0.309 e. The Kier molecular flexibility index (Phi) is 6.56. The van der Waals surface area contributed by atoms with Crippen molar-refractivity contribution in [1.29, 1.82) is 15.8 Å². The number of aromatic nitrogens is 2. The van der Waals surface area contributed by atoms with Crippen LogP contribution in [0.2, 0.25) is 0 Å². The van der Waals surface area contributed by atoms with Gasteiger partial charge in [-0.2, -0.15) is 15.8 Å². The minimum atomic E-state index is 0.561. The highest BCUT2D eigenvalue weighted by Crippen LogP contribution is 2.41. The first-order valence-electron chi connectivity index (χ1n) is 16.3. The Morgan fingerprint density at radius 3 is 1.46 bits per heavy atom. The first-order valence-corrected chi connectivity index (χ1v) is 16.3. The maximum Gasteiger partial charge on any atom is 0.0991 e. The van der Waals surface area contributed by atoms with Crippen molar-refractivity contribution in [3.05, 3.63) is 168 Å².